The summed E-state index contributed by atoms with van der Waals surface area (Å²) < 4.78 is 5.34. The van der Waals surface area contributed by atoms with E-state index in [9.17, 15) is 24.3 Å². The first kappa shape index (κ1) is 31.3. The number of amides is 3. The number of para-hydroxylation sites is 1. The summed E-state index contributed by atoms with van der Waals surface area (Å²) in [6, 6.07) is 12.5. The number of hydrogen-bond acceptors (Lipinski definition) is 5. The van der Waals surface area contributed by atoms with Gasteiger partial charge >= 0.3 is 12.1 Å². The van der Waals surface area contributed by atoms with E-state index >= 15 is 0 Å². The van der Waals surface area contributed by atoms with Crippen molar-refractivity contribution in [3.8, 4) is 0 Å². The monoisotopic (exact) mass is 597 g/mol. The zero-order valence-electron chi connectivity index (χ0n) is 23.9. The number of alkyl carbamates (subject to hydrolysis) is 1. The van der Waals surface area contributed by atoms with Gasteiger partial charge in [-0.1, -0.05) is 74.0 Å². The van der Waals surface area contributed by atoms with Gasteiger partial charge in [0.1, 0.15) is 18.7 Å². The molecule has 2 aromatic carbocycles. The van der Waals surface area contributed by atoms with Gasteiger partial charge in [-0.2, -0.15) is 0 Å². The van der Waals surface area contributed by atoms with Crippen LogP contribution in [0.1, 0.15) is 75.3 Å². The highest BCUT2D eigenvalue weighted by Gasteiger charge is 2.31. The fraction of sp³-hybridized carbons (Fsp3) is 0.500. The average Bonchev–Trinajstić information content (AvgIpc) is 3.21. The summed E-state index contributed by atoms with van der Waals surface area (Å²) in [5, 5.41) is 15.7. The molecular formula is C32H40ClN3O6. The number of rotatable bonds is 11. The number of ether oxygens (including phenoxy) is 1. The number of carbonyl (C=O) groups excluding carboxylic acids is 3. The maximum atomic E-state index is 13.4. The Morgan fingerprint density at radius 3 is 2.50 bits per heavy atom. The van der Waals surface area contributed by atoms with Crippen LogP contribution in [0.5, 0.6) is 0 Å². The average molecular weight is 598 g/mol. The first-order chi connectivity index (χ1) is 20.3. The minimum Gasteiger partial charge on any atom is -0.480 e. The first-order valence-electron chi connectivity index (χ1n) is 14.9. The molecule has 3 N–H and O–H groups in total. The zero-order valence-corrected chi connectivity index (χ0v) is 24.6. The van der Waals surface area contributed by atoms with Crippen LogP contribution in [0.15, 0.2) is 48.5 Å². The van der Waals surface area contributed by atoms with Gasteiger partial charge < -0.3 is 25.4 Å². The van der Waals surface area contributed by atoms with Crippen molar-refractivity contribution in [1.82, 2.24) is 10.6 Å². The Labute approximate surface area is 251 Å². The molecule has 42 heavy (non-hydrogen) atoms. The Kier molecular flexibility index (Phi) is 11.6. The predicted molar refractivity (Wildman–Crippen MR) is 160 cm³/mol. The summed E-state index contributed by atoms with van der Waals surface area (Å²) in [6.07, 6.45) is 7.38. The van der Waals surface area contributed by atoms with E-state index in [0.29, 0.717) is 23.6 Å². The lowest BCUT2D eigenvalue weighted by molar-refractivity contribution is -0.142. The van der Waals surface area contributed by atoms with Crippen molar-refractivity contribution in [2.45, 2.75) is 89.3 Å². The fourth-order valence-corrected chi connectivity index (χ4v) is 6.04. The molecule has 0 unspecified atom stereocenters. The number of fused-ring (bicyclic) bond motifs is 1. The minimum absolute atomic E-state index is 0.0242. The highest BCUT2D eigenvalue weighted by atomic mass is 35.5. The third-order valence-corrected chi connectivity index (χ3v) is 8.32. The van der Waals surface area contributed by atoms with Gasteiger partial charge in [0.15, 0.2) is 0 Å². The fourth-order valence-electron chi connectivity index (χ4n) is 5.83. The zero-order chi connectivity index (χ0) is 29.9. The van der Waals surface area contributed by atoms with E-state index in [1.807, 2.05) is 24.3 Å². The molecule has 9 nitrogen and oxygen atoms in total. The van der Waals surface area contributed by atoms with E-state index in [1.165, 1.54) is 0 Å². The lowest BCUT2D eigenvalue weighted by Crippen LogP contribution is -2.52. The second kappa shape index (κ2) is 15.6. The summed E-state index contributed by atoms with van der Waals surface area (Å²) in [6.45, 7) is 0.550. The van der Waals surface area contributed by atoms with Crippen molar-refractivity contribution in [1.29, 1.82) is 0 Å². The lowest BCUT2D eigenvalue weighted by atomic mass is 9.84. The molecule has 1 heterocycles. The number of halogens is 1. The Morgan fingerprint density at radius 2 is 1.74 bits per heavy atom. The quantitative estimate of drug-likeness (QED) is 0.308. The second-order valence-electron chi connectivity index (χ2n) is 11.2. The van der Waals surface area contributed by atoms with Crippen LogP contribution in [0.25, 0.3) is 0 Å². The number of aliphatic carboxylic acids is 1. The van der Waals surface area contributed by atoms with Gasteiger partial charge in [0.25, 0.3) is 0 Å². The Bertz CT molecular complexity index is 1250. The number of nitrogens with zero attached hydrogens (tertiary/aromatic N) is 1. The second-order valence-corrected chi connectivity index (χ2v) is 11.6. The van der Waals surface area contributed by atoms with Crippen LogP contribution in [-0.2, 0) is 32.1 Å². The maximum absolute atomic E-state index is 13.4. The van der Waals surface area contributed by atoms with Crippen molar-refractivity contribution >= 4 is 41.2 Å². The summed E-state index contributed by atoms with van der Waals surface area (Å²) in [5.74, 6) is -1.77. The van der Waals surface area contributed by atoms with Crippen LogP contribution in [0.4, 0.5) is 10.5 Å². The molecule has 226 valence electrons. The third kappa shape index (κ3) is 9.21. The van der Waals surface area contributed by atoms with Crippen LogP contribution in [0, 0.1) is 5.92 Å². The van der Waals surface area contributed by atoms with Crippen LogP contribution in [-0.4, -0.2) is 47.6 Å². The number of nitrogens with one attached hydrogen (secondary N) is 2. The molecule has 1 saturated carbocycles. The molecule has 3 amide bonds. The van der Waals surface area contributed by atoms with Gasteiger partial charge in [-0.15, -0.1) is 0 Å². The molecule has 0 aromatic heterocycles. The van der Waals surface area contributed by atoms with Crippen molar-refractivity contribution in [2.75, 3.05) is 11.4 Å². The molecule has 2 aromatic rings. The number of carboxylic acid groups (broad SMARTS) is 1. The molecule has 1 aliphatic carbocycles. The molecule has 2 aliphatic rings. The Morgan fingerprint density at radius 1 is 0.952 bits per heavy atom. The molecule has 0 radical (unpaired) electrons. The predicted octanol–water partition coefficient (Wildman–Crippen LogP) is 5.62. The van der Waals surface area contributed by atoms with Gasteiger partial charge in [-0.05, 0) is 67.3 Å². The summed E-state index contributed by atoms with van der Waals surface area (Å²) >= 11 is 6.01. The molecule has 1 aliphatic heterocycles. The van der Waals surface area contributed by atoms with Crippen LogP contribution in [0.2, 0.25) is 5.02 Å². The molecule has 0 saturated heterocycles. The molecule has 10 heteroatoms. The van der Waals surface area contributed by atoms with Crippen molar-refractivity contribution < 1.29 is 29.0 Å². The largest absolute Gasteiger partial charge is 0.480 e. The van der Waals surface area contributed by atoms with Gasteiger partial charge in [-0.25, -0.2) is 9.59 Å². The molecule has 0 bridgehead atoms. The summed E-state index contributed by atoms with van der Waals surface area (Å²) in [7, 11) is 0. The maximum Gasteiger partial charge on any atom is 0.408 e. The van der Waals surface area contributed by atoms with Crippen LogP contribution in [0.3, 0.4) is 0 Å². The number of aryl methyl sites for hydroxylation is 1. The number of carbonyl (C=O) groups is 4. The first-order valence-corrected chi connectivity index (χ1v) is 15.3. The number of benzene rings is 2. The standard InChI is InChI=1S/C32H40ClN3O6/c33-25-14-8-11-23(19-25)21-42-32(41)35-27(20-22-9-2-1-3-10-22)30(38)34-26(31(39)40)16-17-29(37)36-18-7-6-13-24-12-4-5-15-28(24)36/h4-5,8,11-12,14-15,19,22,26-27H,1-3,6-7,9-10,13,16-18,20-21H2,(H,34,38)(H,35,41)(H,39,40)/t26-,27-/m0/s1. The Hall–Kier alpha value is -3.59. The van der Waals surface area contributed by atoms with E-state index < -0.39 is 30.1 Å². The van der Waals surface area contributed by atoms with Crippen molar-refractivity contribution in [3.05, 3.63) is 64.7 Å². The van der Waals surface area contributed by atoms with E-state index in [1.54, 1.807) is 29.2 Å². The number of hydrogen-bond donors (Lipinski definition) is 3. The van der Waals surface area contributed by atoms with Crippen molar-refractivity contribution in [2.24, 2.45) is 5.92 Å². The third-order valence-electron chi connectivity index (χ3n) is 8.08. The van der Waals surface area contributed by atoms with Crippen LogP contribution >= 0.6 is 11.6 Å². The SMILES string of the molecule is O=C(N[C@@H](CC1CCCCC1)C(=O)N[C@@H](CCC(=O)N1CCCCc2ccccc21)C(=O)O)OCc1cccc(Cl)c1. The summed E-state index contributed by atoms with van der Waals surface area (Å²) in [4.78, 5) is 53.1. The van der Waals surface area contributed by atoms with Gasteiger partial charge in [0, 0.05) is 23.7 Å². The molecule has 0 spiro atoms. The molecule has 4 rings (SSSR count). The topological polar surface area (TPSA) is 125 Å². The lowest BCUT2D eigenvalue weighted by Gasteiger charge is -2.27. The van der Waals surface area contributed by atoms with Crippen LogP contribution < -0.4 is 15.5 Å². The molecule has 2 atom stereocenters. The number of anilines is 1. The van der Waals surface area contributed by atoms with E-state index in [-0.39, 0.29) is 31.3 Å². The minimum atomic E-state index is -1.28. The molecular weight excluding hydrogens is 558 g/mol. The van der Waals surface area contributed by atoms with E-state index in [0.717, 1.165) is 62.6 Å². The van der Waals surface area contributed by atoms with Gasteiger partial charge in [0.2, 0.25) is 11.8 Å². The smallest absolute Gasteiger partial charge is 0.408 e. The Balaban J connectivity index is 1.37. The number of carboxylic acids is 1. The highest BCUT2D eigenvalue weighted by Crippen LogP contribution is 2.28. The van der Waals surface area contributed by atoms with Gasteiger partial charge in [0.05, 0.1) is 0 Å². The van der Waals surface area contributed by atoms with E-state index in [2.05, 4.69) is 10.6 Å². The van der Waals surface area contributed by atoms with Gasteiger partial charge in [-0.3, -0.25) is 9.59 Å². The van der Waals surface area contributed by atoms with E-state index in [4.69, 9.17) is 16.3 Å². The summed E-state index contributed by atoms with van der Waals surface area (Å²) in [5.41, 5.74) is 2.67. The molecule has 1 fully saturated rings. The highest BCUT2D eigenvalue weighted by molar-refractivity contribution is 6.30. The van der Waals surface area contributed by atoms with Crippen molar-refractivity contribution in [3.63, 3.8) is 0 Å². The normalized spacial score (nSPS) is 16.8.